The van der Waals surface area contributed by atoms with Crippen LogP contribution in [0.3, 0.4) is 0 Å². The first kappa shape index (κ1) is 49.0. The number of esters is 3. The molecule has 1 aliphatic carbocycles. The molecule has 4 rings (SSSR count). The normalized spacial score (nSPS) is 10.7. The fraction of sp³-hybridized carbons (Fsp3) is 0.400. The Morgan fingerprint density at radius 3 is 1.19 bits per heavy atom. The Labute approximate surface area is 304 Å². The van der Waals surface area contributed by atoms with Crippen LogP contribution in [0.25, 0.3) is 11.1 Å². The summed E-state index contributed by atoms with van der Waals surface area (Å²) in [6.45, 7) is 17.2. The van der Waals surface area contributed by atoms with Crippen molar-refractivity contribution in [2.24, 2.45) is 0 Å². The lowest BCUT2D eigenvalue weighted by Gasteiger charge is -2.17. The number of rotatable bonds is 4. The molecule has 0 amide bonds. The van der Waals surface area contributed by atoms with E-state index in [1.807, 2.05) is 75.4 Å². The van der Waals surface area contributed by atoms with Crippen molar-refractivity contribution in [2.75, 3.05) is 6.61 Å². The Morgan fingerprint density at radius 2 is 0.904 bits per heavy atom. The molecule has 0 N–H and O–H groups in total. The molecule has 0 atom stereocenters. The summed E-state index contributed by atoms with van der Waals surface area (Å²) in [5.74, 6) is -1.95. The standard InChI is InChI=1S/C16H14O2.C9H10O2.C6H12O2.C3H3F3O.2C3H6O/c1-11(17)18-10-16-14-8-4-2-6-12(14)13-7-3-5-9-15(13)16;1-8(10)11-7-9-5-3-2-4-6-9;1-5(7)8-6(2,3)4;1-2(7)3(4,5)6;2*1-3(2)4/h2-9,16H,10H2,1H3;2-6H,7H2,1H3;1-4H3;1H3;2*1-2H3. The maximum Gasteiger partial charge on any atom is 0.449 e. The van der Waals surface area contributed by atoms with Gasteiger partial charge in [-0.15, -0.1) is 0 Å². The molecule has 0 radical (unpaired) electrons. The van der Waals surface area contributed by atoms with Gasteiger partial charge in [-0.3, -0.25) is 19.2 Å². The summed E-state index contributed by atoms with van der Waals surface area (Å²) in [4.78, 5) is 59.9. The van der Waals surface area contributed by atoms with Crippen molar-refractivity contribution >= 4 is 35.3 Å². The zero-order valence-corrected chi connectivity index (χ0v) is 31.8. The van der Waals surface area contributed by atoms with Crippen LogP contribution in [0.2, 0.25) is 0 Å². The van der Waals surface area contributed by atoms with Crippen LogP contribution in [-0.4, -0.2) is 53.6 Å². The number of carbonyl (C=O) groups excluding carboxylic acids is 6. The maximum atomic E-state index is 11.0. The molecule has 0 heterocycles. The van der Waals surface area contributed by atoms with Crippen molar-refractivity contribution in [1.29, 1.82) is 0 Å². The highest BCUT2D eigenvalue weighted by Crippen LogP contribution is 2.44. The fourth-order valence-corrected chi connectivity index (χ4v) is 3.83. The molecule has 52 heavy (non-hydrogen) atoms. The SMILES string of the molecule is CC(=O)C(F)(F)F.CC(=O)OC(C)(C)C.CC(=O)OCC1c2ccccc2-c2ccccc21.CC(=O)OCc1ccccc1.CC(C)=O.CC(C)=O. The molecule has 0 unspecified atom stereocenters. The lowest BCUT2D eigenvalue weighted by atomic mass is 9.98. The summed E-state index contributed by atoms with van der Waals surface area (Å²) < 4.78 is 47.3. The smallest absolute Gasteiger partial charge is 0.449 e. The van der Waals surface area contributed by atoms with Crippen molar-refractivity contribution in [3.05, 3.63) is 95.6 Å². The fourth-order valence-electron chi connectivity index (χ4n) is 3.83. The predicted molar refractivity (Wildman–Crippen MR) is 193 cm³/mol. The van der Waals surface area contributed by atoms with E-state index in [9.17, 15) is 41.9 Å². The number of benzene rings is 3. The molecule has 9 nitrogen and oxygen atoms in total. The molecule has 0 spiro atoms. The Morgan fingerprint density at radius 1 is 0.558 bits per heavy atom. The lowest BCUT2D eigenvalue weighted by Crippen LogP contribution is -2.21. The van der Waals surface area contributed by atoms with E-state index >= 15 is 0 Å². The minimum atomic E-state index is -4.64. The third-order valence-electron chi connectivity index (χ3n) is 5.55. The highest BCUT2D eigenvalue weighted by molar-refractivity contribution is 5.81. The van der Waals surface area contributed by atoms with E-state index in [4.69, 9.17) is 14.2 Å². The highest BCUT2D eigenvalue weighted by atomic mass is 19.4. The van der Waals surface area contributed by atoms with Gasteiger partial charge in [-0.05, 0) is 76.3 Å². The van der Waals surface area contributed by atoms with E-state index in [2.05, 4.69) is 24.3 Å². The summed E-state index contributed by atoms with van der Waals surface area (Å²) in [6.07, 6.45) is -4.64. The van der Waals surface area contributed by atoms with Crippen molar-refractivity contribution in [1.82, 2.24) is 0 Å². The molecule has 0 fully saturated rings. The highest BCUT2D eigenvalue weighted by Gasteiger charge is 2.33. The van der Waals surface area contributed by atoms with Gasteiger partial charge >= 0.3 is 24.1 Å². The van der Waals surface area contributed by atoms with E-state index in [-0.39, 0.29) is 41.0 Å². The second kappa shape index (κ2) is 24.9. The van der Waals surface area contributed by atoms with Crippen molar-refractivity contribution < 1.29 is 56.1 Å². The predicted octanol–water partition coefficient (Wildman–Crippen LogP) is 8.79. The molecule has 1 aliphatic rings. The van der Waals surface area contributed by atoms with Crippen molar-refractivity contribution in [3.8, 4) is 11.1 Å². The number of ketones is 3. The van der Waals surface area contributed by atoms with Crippen molar-refractivity contribution in [2.45, 2.75) is 100 Å². The second-order valence-electron chi connectivity index (χ2n) is 12.4. The third-order valence-corrected chi connectivity index (χ3v) is 5.55. The molecule has 0 aliphatic heterocycles. The summed E-state index contributed by atoms with van der Waals surface area (Å²) in [5, 5.41) is 0. The van der Waals surface area contributed by atoms with E-state index < -0.39 is 12.0 Å². The van der Waals surface area contributed by atoms with Gasteiger partial charge in [0.1, 0.15) is 30.4 Å². The van der Waals surface area contributed by atoms with Crippen LogP contribution in [0.1, 0.15) is 98.8 Å². The molecule has 12 heteroatoms. The average molecular weight is 733 g/mol. The van der Waals surface area contributed by atoms with Crippen LogP contribution >= 0.6 is 0 Å². The number of ether oxygens (including phenoxy) is 3. The van der Waals surface area contributed by atoms with Gasteiger partial charge < -0.3 is 23.8 Å². The first-order valence-electron chi connectivity index (χ1n) is 16.1. The van der Waals surface area contributed by atoms with Gasteiger partial charge in [-0.1, -0.05) is 78.9 Å². The molecule has 0 aromatic heterocycles. The average Bonchev–Trinajstić information content (AvgIpc) is 3.32. The lowest BCUT2D eigenvalue weighted by molar-refractivity contribution is -0.168. The van der Waals surface area contributed by atoms with Crippen LogP contribution in [0.15, 0.2) is 78.9 Å². The Hall–Kier alpha value is -5.13. The van der Waals surface area contributed by atoms with Crippen LogP contribution < -0.4 is 0 Å². The topological polar surface area (TPSA) is 130 Å². The monoisotopic (exact) mass is 732 g/mol. The van der Waals surface area contributed by atoms with Gasteiger partial charge in [-0.2, -0.15) is 13.2 Å². The van der Waals surface area contributed by atoms with Gasteiger partial charge in [0.05, 0.1) is 0 Å². The van der Waals surface area contributed by atoms with Gasteiger partial charge in [0, 0.05) is 33.6 Å². The maximum absolute atomic E-state index is 11.0. The van der Waals surface area contributed by atoms with E-state index in [0.717, 1.165) is 5.56 Å². The molecule has 3 aromatic rings. The van der Waals surface area contributed by atoms with Gasteiger partial charge in [0.25, 0.3) is 0 Å². The number of halogens is 3. The quantitative estimate of drug-likeness (QED) is 0.191. The molecule has 286 valence electrons. The third kappa shape index (κ3) is 25.8. The van der Waals surface area contributed by atoms with E-state index in [1.165, 1.54) is 70.7 Å². The number of hydrogen-bond donors (Lipinski definition) is 0. The number of Topliss-reactive ketones (excluding diaryl/α,β-unsaturated/α-hetero) is 3. The summed E-state index contributed by atoms with van der Waals surface area (Å²) in [7, 11) is 0. The van der Waals surface area contributed by atoms with Gasteiger partial charge in [0.15, 0.2) is 0 Å². The Balaban J connectivity index is 0. The summed E-state index contributed by atoms with van der Waals surface area (Å²) in [6, 6.07) is 26.2. The molecule has 0 bridgehead atoms. The van der Waals surface area contributed by atoms with Crippen molar-refractivity contribution in [3.63, 3.8) is 0 Å². The minimum absolute atomic E-state index is 0.167. The molecular formula is C40H51F3O9. The number of hydrogen-bond acceptors (Lipinski definition) is 9. The minimum Gasteiger partial charge on any atom is -0.465 e. The first-order chi connectivity index (χ1) is 23.9. The Kier molecular flexibility index (Phi) is 23.5. The van der Waals surface area contributed by atoms with Crippen LogP contribution in [0.5, 0.6) is 0 Å². The van der Waals surface area contributed by atoms with Crippen LogP contribution in [0, 0.1) is 0 Å². The van der Waals surface area contributed by atoms with Crippen LogP contribution in [0.4, 0.5) is 13.2 Å². The largest absolute Gasteiger partial charge is 0.465 e. The zero-order chi connectivity index (χ0) is 40.7. The first-order valence-corrected chi connectivity index (χ1v) is 16.1. The van der Waals surface area contributed by atoms with Gasteiger partial charge in [0.2, 0.25) is 5.78 Å². The van der Waals surface area contributed by atoms with Crippen LogP contribution in [-0.2, 0) is 49.6 Å². The second-order valence-corrected chi connectivity index (χ2v) is 12.4. The zero-order valence-electron chi connectivity index (χ0n) is 31.8. The number of carbonyl (C=O) groups is 6. The molecule has 3 aromatic carbocycles. The van der Waals surface area contributed by atoms with Gasteiger partial charge in [-0.25, -0.2) is 0 Å². The molecule has 0 saturated heterocycles. The Bertz CT molecular complexity index is 1510. The molecule has 0 saturated carbocycles. The summed E-state index contributed by atoms with van der Waals surface area (Å²) >= 11 is 0. The van der Waals surface area contributed by atoms with E-state index in [1.54, 1.807) is 0 Å². The van der Waals surface area contributed by atoms with E-state index in [0.29, 0.717) is 20.1 Å². The number of fused-ring (bicyclic) bond motifs is 3. The number of alkyl halides is 3. The molecular weight excluding hydrogens is 681 g/mol. The summed E-state index contributed by atoms with van der Waals surface area (Å²) in [5.41, 5.74) is 5.70.